The quantitative estimate of drug-likeness (QED) is 0.462. The Morgan fingerprint density at radius 1 is 1.38 bits per heavy atom. The number of methoxy groups -OCH3 is 1. The van der Waals surface area contributed by atoms with Gasteiger partial charge in [-0.15, -0.1) is 0 Å². The number of rotatable bonds is 5. The van der Waals surface area contributed by atoms with E-state index in [4.69, 9.17) is 4.74 Å². The molecule has 108 valence electrons. The van der Waals surface area contributed by atoms with Crippen LogP contribution in [-0.4, -0.2) is 27.4 Å². The van der Waals surface area contributed by atoms with Crippen LogP contribution in [0.3, 0.4) is 0 Å². The van der Waals surface area contributed by atoms with E-state index in [0.717, 1.165) is 17.0 Å². The first-order chi connectivity index (χ1) is 10.0. The third-order valence-electron chi connectivity index (χ3n) is 2.78. The lowest BCUT2D eigenvalue weighted by atomic mass is 10.1. The van der Waals surface area contributed by atoms with Crippen molar-refractivity contribution < 1.29 is 14.5 Å². The fraction of sp³-hybridized carbons (Fsp3) is 0.154. The van der Waals surface area contributed by atoms with Crippen LogP contribution in [0.4, 0.5) is 5.69 Å². The standard InChI is InChI=1S/C13H11N3O5/c1-21-11-4-2-9(3-5-11)12(17)8-15-7-10(16(19)20)6-14-13(15)18/h2-7H,8H2,1H3. The Kier molecular flexibility index (Phi) is 4.07. The van der Waals surface area contributed by atoms with Crippen molar-refractivity contribution in [2.75, 3.05) is 7.11 Å². The Morgan fingerprint density at radius 3 is 2.62 bits per heavy atom. The number of aromatic nitrogens is 2. The second kappa shape index (κ2) is 5.95. The van der Waals surface area contributed by atoms with E-state index in [-0.39, 0.29) is 18.0 Å². The highest BCUT2D eigenvalue weighted by Crippen LogP contribution is 2.12. The molecule has 0 unspecified atom stereocenters. The van der Waals surface area contributed by atoms with Gasteiger partial charge in [-0.3, -0.25) is 19.5 Å². The van der Waals surface area contributed by atoms with Crippen molar-refractivity contribution in [3.8, 4) is 5.75 Å². The Labute approximate surface area is 118 Å². The van der Waals surface area contributed by atoms with Gasteiger partial charge in [-0.1, -0.05) is 0 Å². The predicted octanol–water partition coefficient (Wildman–Crippen LogP) is 1.04. The van der Waals surface area contributed by atoms with E-state index in [9.17, 15) is 19.7 Å². The second-order valence-corrected chi connectivity index (χ2v) is 4.13. The summed E-state index contributed by atoms with van der Waals surface area (Å²) in [7, 11) is 1.51. The lowest BCUT2D eigenvalue weighted by Gasteiger charge is -2.05. The molecule has 0 N–H and O–H groups in total. The van der Waals surface area contributed by atoms with E-state index in [1.807, 2.05) is 0 Å². The van der Waals surface area contributed by atoms with Crippen LogP contribution in [0.5, 0.6) is 5.75 Å². The van der Waals surface area contributed by atoms with E-state index in [2.05, 4.69) is 4.98 Å². The molecule has 0 radical (unpaired) electrons. The van der Waals surface area contributed by atoms with Gasteiger partial charge >= 0.3 is 11.4 Å². The first-order valence-electron chi connectivity index (χ1n) is 5.89. The SMILES string of the molecule is COc1ccc(C(=O)Cn2cc([N+](=O)[O-])cnc2=O)cc1. The number of nitro groups is 1. The highest BCUT2D eigenvalue weighted by Gasteiger charge is 2.13. The van der Waals surface area contributed by atoms with Gasteiger partial charge in [-0.25, -0.2) is 4.79 Å². The molecule has 21 heavy (non-hydrogen) atoms. The predicted molar refractivity (Wildman–Crippen MR) is 72.5 cm³/mol. The van der Waals surface area contributed by atoms with Crippen molar-refractivity contribution in [2.45, 2.75) is 6.54 Å². The monoisotopic (exact) mass is 289 g/mol. The number of benzene rings is 1. The topological polar surface area (TPSA) is 104 Å². The number of ketones is 1. The van der Waals surface area contributed by atoms with Crippen LogP contribution in [0.1, 0.15) is 10.4 Å². The van der Waals surface area contributed by atoms with Crippen molar-refractivity contribution in [3.05, 3.63) is 62.8 Å². The summed E-state index contributed by atoms with van der Waals surface area (Å²) in [6.45, 7) is -0.320. The van der Waals surface area contributed by atoms with Crippen LogP contribution in [-0.2, 0) is 6.54 Å². The molecule has 8 nitrogen and oxygen atoms in total. The maximum atomic E-state index is 12.0. The van der Waals surface area contributed by atoms with Crippen molar-refractivity contribution >= 4 is 11.5 Å². The summed E-state index contributed by atoms with van der Waals surface area (Å²) in [6.07, 6.45) is 1.85. The van der Waals surface area contributed by atoms with Gasteiger partial charge in [0.15, 0.2) is 5.78 Å². The lowest BCUT2D eigenvalue weighted by molar-refractivity contribution is -0.385. The van der Waals surface area contributed by atoms with Crippen LogP contribution < -0.4 is 10.4 Å². The van der Waals surface area contributed by atoms with E-state index in [1.165, 1.54) is 7.11 Å². The third-order valence-corrected chi connectivity index (χ3v) is 2.78. The average Bonchev–Trinajstić information content (AvgIpc) is 2.49. The number of hydrogen-bond donors (Lipinski definition) is 0. The normalized spacial score (nSPS) is 10.1. The summed E-state index contributed by atoms with van der Waals surface area (Å²) in [4.78, 5) is 36.9. The van der Waals surface area contributed by atoms with Gasteiger partial charge in [0.05, 0.1) is 24.8 Å². The molecule has 1 heterocycles. The zero-order chi connectivity index (χ0) is 15.4. The Bertz CT molecular complexity index is 736. The summed E-state index contributed by atoms with van der Waals surface area (Å²) in [5.41, 5.74) is -0.700. The van der Waals surface area contributed by atoms with Crippen molar-refractivity contribution in [2.24, 2.45) is 0 Å². The molecule has 0 aliphatic rings. The molecule has 2 rings (SSSR count). The first-order valence-corrected chi connectivity index (χ1v) is 5.89. The number of hydrogen-bond acceptors (Lipinski definition) is 6. The molecule has 0 atom stereocenters. The fourth-order valence-corrected chi connectivity index (χ4v) is 1.67. The van der Waals surface area contributed by atoms with Crippen LogP contribution in [0.2, 0.25) is 0 Å². The summed E-state index contributed by atoms with van der Waals surface area (Å²) in [6, 6.07) is 6.33. The molecule has 0 aliphatic carbocycles. The molecule has 8 heteroatoms. The number of carbonyl (C=O) groups is 1. The van der Waals surface area contributed by atoms with Gasteiger partial charge in [-0.2, -0.15) is 4.98 Å². The molecule has 1 aromatic carbocycles. The molecule has 2 aromatic rings. The number of carbonyl (C=O) groups excluding carboxylic acids is 1. The summed E-state index contributed by atoms with van der Waals surface area (Å²) < 4.78 is 5.88. The summed E-state index contributed by atoms with van der Waals surface area (Å²) in [5, 5.41) is 10.6. The molecule has 0 fully saturated rings. The van der Waals surface area contributed by atoms with E-state index in [0.29, 0.717) is 11.3 Å². The average molecular weight is 289 g/mol. The Balaban J connectivity index is 2.24. The van der Waals surface area contributed by atoms with Gasteiger partial charge < -0.3 is 4.74 Å². The molecule has 0 spiro atoms. The Hall–Kier alpha value is -3.03. The lowest BCUT2D eigenvalue weighted by Crippen LogP contribution is -2.26. The van der Waals surface area contributed by atoms with Crippen LogP contribution >= 0.6 is 0 Å². The zero-order valence-corrected chi connectivity index (χ0v) is 11.1. The Morgan fingerprint density at radius 2 is 2.05 bits per heavy atom. The van der Waals surface area contributed by atoms with Gasteiger partial charge in [0.1, 0.15) is 11.9 Å². The number of nitrogens with zero attached hydrogens (tertiary/aromatic N) is 3. The molecule has 0 saturated carbocycles. The van der Waals surface area contributed by atoms with Gasteiger partial charge in [-0.05, 0) is 24.3 Å². The summed E-state index contributed by atoms with van der Waals surface area (Å²) in [5.74, 6) is 0.239. The largest absolute Gasteiger partial charge is 0.497 e. The maximum Gasteiger partial charge on any atom is 0.348 e. The summed E-state index contributed by atoms with van der Waals surface area (Å²) >= 11 is 0. The molecular weight excluding hydrogens is 278 g/mol. The highest BCUT2D eigenvalue weighted by molar-refractivity contribution is 5.96. The van der Waals surface area contributed by atoms with Crippen LogP contribution in [0, 0.1) is 10.1 Å². The van der Waals surface area contributed by atoms with E-state index >= 15 is 0 Å². The van der Waals surface area contributed by atoms with Crippen molar-refractivity contribution in [3.63, 3.8) is 0 Å². The van der Waals surface area contributed by atoms with Gasteiger partial charge in [0.2, 0.25) is 0 Å². The number of ether oxygens (including phenoxy) is 1. The zero-order valence-electron chi connectivity index (χ0n) is 11.1. The third kappa shape index (κ3) is 3.30. The highest BCUT2D eigenvalue weighted by atomic mass is 16.6. The molecular formula is C13H11N3O5. The van der Waals surface area contributed by atoms with Gasteiger partial charge in [0, 0.05) is 5.56 Å². The first kappa shape index (κ1) is 14.4. The number of Topliss-reactive ketones (excluding diaryl/α,β-unsaturated/α-hetero) is 1. The molecule has 0 amide bonds. The van der Waals surface area contributed by atoms with Crippen molar-refractivity contribution in [1.29, 1.82) is 0 Å². The molecule has 0 aliphatic heterocycles. The maximum absolute atomic E-state index is 12.0. The minimum atomic E-state index is -0.720. The van der Waals surface area contributed by atoms with Gasteiger partial charge in [0.25, 0.3) is 0 Å². The van der Waals surface area contributed by atoms with Crippen molar-refractivity contribution in [1.82, 2.24) is 9.55 Å². The van der Waals surface area contributed by atoms with E-state index < -0.39 is 10.6 Å². The minimum absolute atomic E-state index is 0.320. The smallest absolute Gasteiger partial charge is 0.348 e. The second-order valence-electron chi connectivity index (χ2n) is 4.13. The molecule has 1 aromatic heterocycles. The molecule has 0 bridgehead atoms. The van der Waals surface area contributed by atoms with E-state index in [1.54, 1.807) is 24.3 Å². The minimum Gasteiger partial charge on any atom is -0.497 e. The fourth-order valence-electron chi connectivity index (χ4n) is 1.67. The molecule has 0 saturated heterocycles. The van der Waals surface area contributed by atoms with Crippen LogP contribution in [0.15, 0.2) is 41.5 Å². The van der Waals surface area contributed by atoms with Crippen LogP contribution in [0.25, 0.3) is 0 Å².